The van der Waals surface area contributed by atoms with Crippen molar-refractivity contribution >= 4 is 11.6 Å². The van der Waals surface area contributed by atoms with Gasteiger partial charge in [0.25, 0.3) is 0 Å². The van der Waals surface area contributed by atoms with E-state index in [0.29, 0.717) is 19.4 Å². The molecule has 1 atom stereocenters. The average molecular weight is 366 g/mol. The lowest BCUT2D eigenvalue weighted by atomic mass is 9.82. The first kappa shape index (κ1) is 18.8. The zero-order valence-corrected chi connectivity index (χ0v) is 14.8. The molecule has 3 nitrogen and oxygen atoms in total. The zero-order chi connectivity index (χ0) is 18.7. The van der Waals surface area contributed by atoms with Crippen molar-refractivity contribution in [1.29, 1.82) is 0 Å². The van der Waals surface area contributed by atoms with Crippen LogP contribution in [0.2, 0.25) is 0 Å². The molecule has 3 rings (SSSR count). The Hall–Kier alpha value is -1.98. The summed E-state index contributed by atoms with van der Waals surface area (Å²) in [4.78, 5) is 13.7. The fourth-order valence-electron chi connectivity index (χ4n) is 4.23. The average Bonchev–Trinajstić information content (AvgIpc) is 2.64. The molecular weight excluding hydrogens is 341 g/mol. The molecule has 1 amide bonds. The van der Waals surface area contributed by atoms with Crippen LogP contribution in [0.25, 0.3) is 0 Å². The Morgan fingerprint density at radius 2 is 1.92 bits per heavy atom. The van der Waals surface area contributed by atoms with Gasteiger partial charge in [0.2, 0.25) is 5.91 Å². The van der Waals surface area contributed by atoms with Gasteiger partial charge in [-0.2, -0.15) is 13.2 Å². The molecule has 0 bridgehead atoms. The third-order valence-corrected chi connectivity index (χ3v) is 5.62. The first-order valence-corrected chi connectivity index (χ1v) is 9.20. The molecule has 26 heavy (non-hydrogen) atoms. The minimum absolute atomic E-state index is 0.132. The number of rotatable bonds is 4. The summed E-state index contributed by atoms with van der Waals surface area (Å²) >= 11 is 0. The first-order valence-electron chi connectivity index (χ1n) is 9.20. The summed E-state index contributed by atoms with van der Waals surface area (Å²) in [6, 6.07) is 8.23. The maximum Gasteiger partial charge on any atom is 0.391 e. The molecule has 0 aromatic heterocycles. The second-order valence-corrected chi connectivity index (χ2v) is 7.35. The monoisotopic (exact) mass is 366 g/mol. The maximum atomic E-state index is 13.0. The van der Waals surface area contributed by atoms with Crippen molar-refractivity contribution in [3.05, 3.63) is 42.5 Å². The van der Waals surface area contributed by atoms with Crippen LogP contribution >= 0.6 is 0 Å². The summed E-state index contributed by atoms with van der Waals surface area (Å²) in [7, 11) is 0. The third-order valence-electron chi connectivity index (χ3n) is 5.62. The number of amides is 1. The van der Waals surface area contributed by atoms with E-state index in [-0.39, 0.29) is 30.7 Å². The number of carbonyl (C=O) groups excluding carboxylic acids is 1. The van der Waals surface area contributed by atoms with Crippen LogP contribution in [0, 0.1) is 11.8 Å². The van der Waals surface area contributed by atoms with Crippen molar-refractivity contribution < 1.29 is 18.0 Å². The second kappa shape index (κ2) is 7.72. The Balaban J connectivity index is 1.71. The van der Waals surface area contributed by atoms with Crippen molar-refractivity contribution in [2.45, 2.75) is 44.3 Å². The van der Waals surface area contributed by atoms with Crippen LogP contribution in [0.1, 0.15) is 31.2 Å². The summed E-state index contributed by atoms with van der Waals surface area (Å²) < 4.78 is 38.9. The van der Waals surface area contributed by atoms with E-state index in [1.54, 1.807) is 0 Å². The predicted molar refractivity (Wildman–Crippen MR) is 96.0 cm³/mol. The molecule has 142 valence electrons. The van der Waals surface area contributed by atoms with Crippen LogP contribution < -0.4 is 10.2 Å². The van der Waals surface area contributed by atoms with Crippen LogP contribution in [0.4, 0.5) is 18.9 Å². The highest BCUT2D eigenvalue weighted by molar-refractivity contribution is 5.86. The summed E-state index contributed by atoms with van der Waals surface area (Å²) in [5.41, 5.74) is 2.34. The van der Waals surface area contributed by atoms with Crippen LogP contribution in [-0.2, 0) is 11.2 Å². The fraction of sp³-hybridized carbons (Fsp3) is 0.550. The van der Waals surface area contributed by atoms with Gasteiger partial charge in [0.1, 0.15) is 0 Å². The number of alkyl halides is 3. The van der Waals surface area contributed by atoms with Gasteiger partial charge in [-0.25, -0.2) is 0 Å². The van der Waals surface area contributed by atoms with Crippen molar-refractivity contribution in [2.24, 2.45) is 11.8 Å². The summed E-state index contributed by atoms with van der Waals surface area (Å²) in [6.07, 6.45) is -0.443. The number of anilines is 1. The molecule has 1 aliphatic heterocycles. The molecule has 2 aliphatic rings. The smallest absolute Gasteiger partial charge is 0.368 e. The number of nitrogens with zero attached hydrogens (tertiary/aromatic N) is 1. The normalized spacial score (nSPS) is 26.1. The van der Waals surface area contributed by atoms with Crippen LogP contribution in [0.3, 0.4) is 0 Å². The molecule has 0 radical (unpaired) electrons. The van der Waals surface area contributed by atoms with Gasteiger partial charge in [-0.1, -0.05) is 24.8 Å². The Bertz CT molecular complexity index is 651. The van der Waals surface area contributed by atoms with Gasteiger partial charge in [-0.05, 0) is 55.7 Å². The van der Waals surface area contributed by atoms with E-state index >= 15 is 0 Å². The molecule has 0 saturated heterocycles. The highest BCUT2D eigenvalue weighted by atomic mass is 19.4. The Morgan fingerprint density at radius 1 is 1.23 bits per heavy atom. The standard InChI is InChI=1S/C20H25F3N2O/c1-2-19(26)24-12-14-11-15-5-3-4-6-18(15)25(13-14)17-9-7-16(8-10-17)20(21,22)23/h2-6,14,16-17H,1,7-13H2,(H,24,26)/t14?,16-,17-. The minimum Gasteiger partial charge on any atom is -0.368 e. The van der Waals surface area contributed by atoms with E-state index in [1.807, 2.05) is 12.1 Å². The number of hydrogen-bond donors (Lipinski definition) is 1. The number of benzene rings is 1. The quantitative estimate of drug-likeness (QED) is 0.814. The third kappa shape index (κ3) is 4.22. The molecule has 1 fully saturated rings. The Kier molecular flexibility index (Phi) is 5.58. The highest BCUT2D eigenvalue weighted by Gasteiger charge is 2.43. The zero-order valence-electron chi connectivity index (χ0n) is 14.8. The SMILES string of the molecule is C=CC(=O)NCC1Cc2ccccc2N([C@H]2CC[C@H](C(F)(F)F)CC2)C1. The molecule has 6 heteroatoms. The predicted octanol–water partition coefficient (Wildman–Crippen LogP) is 4.09. The number of fused-ring (bicyclic) bond motifs is 1. The van der Waals surface area contributed by atoms with E-state index in [9.17, 15) is 18.0 Å². The largest absolute Gasteiger partial charge is 0.391 e. The topological polar surface area (TPSA) is 32.3 Å². The van der Waals surface area contributed by atoms with Crippen molar-refractivity contribution in [3.63, 3.8) is 0 Å². The van der Waals surface area contributed by atoms with Crippen LogP contribution in [0.5, 0.6) is 0 Å². The van der Waals surface area contributed by atoms with Gasteiger partial charge in [-0.3, -0.25) is 4.79 Å². The second-order valence-electron chi connectivity index (χ2n) is 7.35. The van der Waals surface area contributed by atoms with Crippen LogP contribution in [0.15, 0.2) is 36.9 Å². The maximum absolute atomic E-state index is 13.0. The van der Waals surface area contributed by atoms with E-state index in [4.69, 9.17) is 0 Å². The summed E-state index contributed by atoms with van der Waals surface area (Å²) in [5.74, 6) is -1.11. The minimum atomic E-state index is -4.08. The number of halogens is 3. The molecule has 1 unspecified atom stereocenters. The van der Waals surface area contributed by atoms with Gasteiger partial charge >= 0.3 is 6.18 Å². The van der Waals surface area contributed by atoms with E-state index in [1.165, 1.54) is 11.6 Å². The Labute approximate surface area is 152 Å². The van der Waals surface area contributed by atoms with Crippen molar-refractivity contribution in [3.8, 4) is 0 Å². The van der Waals surface area contributed by atoms with E-state index < -0.39 is 12.1 Å². The lowest BCUT2D eigenvalue weighted by Gasteiger charge is -2.44. The molecule has 1 saturated carbocycles. The number of nitrogens with one attached hydrogen (secondary N) is 1. The van der Waals surface area contributed by atoms with Gasteiger partial charge in [-0.15, -0.1) is 0 Å². The molecule has 0 spiro atoms. The van der Waals surface area contributed by atoms with Gasteiger partial charge in [0.05, 0.1) is 5.92 Å². The molecule has 1 aromatic carbocycles. The fourth-order valence-corrected chi connectivity index (χ4v) is 4.23. The van der Waals surface area contributed by atoms with E-state index in [0.717, 1.165) is 18.7 Å². The van der Waals surface area contributed by atoms with Crippen molar-refractivity contribution in [2.75, 3.05) is 18.0 Å². The molecule has 1 aliphatic carbocycles. The highest BCUT2D eigenvalue weighted by Crippen LogP contribution is 2.41. The molecule has 1 N–H and O–H groups in total. The Morgan fingerprint density at radius 3 is 2.58 bits per heavy atom. The van der Waals surface area contributed by atoms with Gasteiger partial charge in [0, 0.05) is 24.8 Å². The van der Waals surface area contributed by atoms with E-state index in [2.05, 4.69) is 28.9 Å². The lowest BCUT2D eigenvalue weighted by Crippen LogP contribution is -2.47. The first-order chi connectivity index (χ1) is 12.4. The number of carbonyl (C=O) groups is 1. The molecule has 1 aromatic rings. The van der Waals surface area contributed by atoms with Gasteiger partial charge < -0.3 is 10.2 Å². The molecular formula is C20H25F3N2O. The van der Waals surface area contributed by atoms with Crippen molar-refractivity contribution in [1.82, 2.24) is 5.32 Å². The number of para-hydroxylation sites is 1. The lowest BCUT2D eigenvalue weighted by molar-refractivity contribution is -0.182. The summed E-state index contributed by atoms with van der Waals surface area (Å²) in [5, 5.41) is 2.85. The summed E-state index contributed by atoms with van der Waals surface area (Å²) in [6.45, 7) is 4.77. The number of hydrogen-bond acceptors (Lipinski definition) is 2. The van der Waals surface area contributed by atoms with Gasteiger partial charge in [0.15, 0.2) is 0 Å². The molecule has 1 heterocycles. The van der Waals surface area contributed by atoms with Crippen LogP contribution in [-0.4, -0.2) is 31.2 Å².